The van der Waals surface area contributed by atoms with Gasteiger partial charge in [-0.05, 0) is 24.3 Å². The molecule has 2 heterocycles. The van der Waals surface area contributed by atoms with Crippen LogP contribution in [0.4, 0.5) is 0 Å². The SMILES string of the molecule is CN(Cc1cccs1)C(=O)[C@H]1CC(=O)N(C2CC2)C1. The zero-order chi connectivity index (χ0) is 13.4. The molecule has 1 aromatic heterocycles. The van der Waals surface area contributed by atoms with Crippen LogP contribution in [0.3, 0.4) is 0 Å². The first-order valence-electron chi connectivity index (χ1n) is 6.72. The summed E-state index contributed by atoms with van der Waals surface area (Å²) in [5.41, 5.74) is 0. The Morgan fingerprint density at radius 3 is 2.95 bits per heavy atom. The third-order valence-corrected chi connectivity index (χ3v) is 4.71. The lowest BCUT2D eigenvalue weighted by Gasteiger charge is -2.20. The summed E-state index contributed by atoms with van der Waals surface area (Å²) in [6.07, 6.45) is 2.61. The van der Waals surface area contributed by atoms with Gasteiger partial charge in [0.25, 0.3) is 0 Å². The van der Waals surface area contributed by atoms with Crippen LogP contribution in [-0.2, 0) is 16.1 Å². The maximum atomic E-state index is 12.4. The summed E-state index contributed by atoms with van der Waals surface area (Å²) in [6, 6.07) is 4.45. The topological polar surface area (TPSA) is 40.6 Å². The van der Waals surface area contributed by atoms with Crippen LogP contribution in [0.2, 0.25) is 0 Å². The Labute approximate surface area is 117 Å². The molecule has 1 atom stereocenters. The second kappa shape index (κ2) is 4.96. The lowest BCUT2D eigenvalue weighted by Crippen LogP contribution is -2.34. The van der Waals surface area contributed by atoms with E-state index in [1.165, 1.54) is 4.88 Å². The molecule has 5 heteroatoms. The van der Waals surface area contributed by atoms with E-state index in [1.807, 2.05) is 29.5 Å². The number of hydrogen-bond donors (Lipinski definition) is 0. The Balaban J connectivity index is 1.59. The minimum Gasteiger partial charge on any atom is -0.340 e. The highest BCUT2D eigenvalue weighted by atomic mass is 32.1. The first kappa shape index (κ1) is 12.7. The van der Waals surface area contributed by atoms with E-state index >= 15 is 0 Å². The van der Waals surface area contributed by atoms with Gasteiger partial charge in [0.05, 0.1) is 12.5 Å². The smallest absolute Gasteiger partial charge is 0.228 e. The second-order valence-corrected chi connectivity index (χ2v) is 6.48. The fourth-order valence-corrected chi connectivity index (χ4v) is 3.42. The molecule has 2 fully saturated rings. The van der Waals surface area contributed by atoms with E-state index in [4.69, 9.17) is 0 Å². The zero-order valence-corrected chi connectivity index (χ0v) is 11.9. The van der Waals surface area contributed by atoms with Crippen molar-refractivity contribution in [1.82, 2.24) is 9.80 Å². The monoisotopic (exact) mass is 278 g/mol. The Kier molecular flexibility index (Phi) is 3.31. The van der Waals surface area contributed by atoms with Crippen molar-refractivity contribution in [2.75, 3.05) is 13.6 Å². The number of carbonyl (C=O) groups excluding carboxylic acids is 2. The number of rotatable bonds is 4. The van der Waals surface area contributed by atoms with E-state index in [-0.39, 0.29) is 17.7 Å². The van der Waals surface area contributed by atoms with Crippen LogP contribution in [0.5, 0.6) is 0 Å². The summed E-state index contributed by atoms with van der Waals surface area (Å²) in [7, 11) is 1.83. The number of amides is 2. The molecule has 1 aromatic rings. The van der Waals surface area contributed by atoms with Crippen LogP contribution in [0.1, 0.15) is 24.1 Å². The highest BCUT2D eigenvalue weighted by Crippen LogP contribution is 2.33. The summed E-state index contributed by atoms with van der Waals surface area (Å²) in [4.78, 5) is 29.1. The molecule has 0 bridgehead atoms. The first-order valence-corrected chi connectivity index (χ1v) is 7.60. The minimum absolute atomic E-state index is 0.102. The van der Waals surface area contributed by atoms with Gasteiger partial charge in [-0.3, -0.25) is 9.59 Å². The standard InChI is InChI=1S/C14H18N2O2S/c1-15(9-12-3-2-6-19-12)14(18)10-7-13(17)16(8-10)11-4-5-11/h2-3,6,10-11H,4-5,7-9H2,1H3/t10-/m0/s1. The quantitative estimate of drug-likeness (QED) is 0.841. The van der Waals surface area contributed by atoms with Gasteiger partial charge in [0.15, 0.2) is 0 Å². The molecule has 1 aliphatic carbocycles. The van der Waals surface area contributed by atoms with Gasteiger partial charge in [-0.1, -0.05) is 6.07 Å². The van der Waals surface area contributed by atoms with E-state index in [0.717, 1.165) is 12.8 Å². The first-order chi connectivity index (χ1) is 9.15. The number of likely N-dealkylation sites (tertiary alicyclic amines) is 1. The summed E-state index contributed by atoms with van der Waals surface area (Å²) < 4.78 is 0. The van der Waals surface area contributed by atoms with Crippen LogP contribution in [0.25, 0.3) is 0 Å². The van der Waals surface area contributed by atoms with Crippen LogP contribution in [0, 0.1) is 5.92 Å². The molecular weight excluding hydrogens is 260 g/mol. The normalized spacial score (nSPS) is 22.9. The van der Waals surface area contributed by atoms with E-state index < -0.39 is 0 Å². The van der Waals surface area contributed by atoms with Gasteiger partial charge in [0.1, 0.15) is 0 Å². The Morgan fingerprint density at radius 1 is 1.53 bits per heavy atom. The molecule has 2 aliphatic rings. The van der Waals surface area contributed by atoms with Crippen molar-refractivity contribution in [2.45, 2.75) is 31.8 Å². The van der Waals surface area contributed by atoms with Crippen molar-refractivity contribution < 1.29 is 9.59 Å². The van der Waals surface area contributed by atoms with Crippen molar-refractivity contribution in [2.24, 2.45) is 5.92 Å². The van der Waals surface area contributed by atoms with Gasteiger partial charge in [-0.25, -0.2) is 0 Å². The van der Waals surface area contributed by atoms with E-state index in [9.17, 15) is 9.59 Å². The van der Waals surface area contributed by atoms with Gasteiger partial charge < -0.3 is 9.80 Å². The van der Waals surface area contributed by atoms with Gasteiger partial charge in [0.2, 0.25) is 11.8 Å². The summed E-state index contributed by atoms with van der Waals surface area (Å²) >= 11 is 1.66. The lowest BCUT2D eigenvalue weighted by atomic mass is 10.1. The Morgan fingerprint density at radius 2 is 2.32 bits per heavy atom. The molecule has 0 unspecified atom stereocenters. The van der Waals surface area contributed by atoms with E-state index in [0.29, 0.717) is 25.6 Å². The molecule has 1 saturated heterocycles. The fraction of sp³-hybridized carbons (Fsp3) is 0.571. The second-order valence-electron chi connectivity index (χ2n) is 5.45. The van der Waals surface area contributed by atoms with Crippen LogP contribution < -0.4 is 0 Å². The fourth-order valence-electron chi connectivity index (χ4n) is 2.66. The van der Waals surface area contributed by atoms with Gasteiger partial charge in [-0.2, -0.15) is 0 Å². The molecule has 0 radical (unpaired) electrons. The third-order valence-electron chi connectivity index (χ3n) is 3.84. The average Bonchev–Trinajstić information content (AvgIpc) is 2.96. The largest absolute Gasteiger partial charge is 0.340 e. The highest BCUT2D eigenvalue weighted by Gasteiger charge is 2.42. The zero-order valence-electron chi connectivity index (χ0n) is 11.0. The maximum absolute atomic E-state index is 12.4. The molecule has 4 nitrogen and oxygen atoms in total. The number of thiophene rings is 1. The number of hydrogen-bond acceptors (Lipinski definition) is 3. The molecule has 3 rings (SSSR count). The minimum atomic E-state index is -0.141. The molecule has 1 aliphatic heterocycles. The van der Waals surface area contributed by atoms with Gasteiger partial charge in [0, 0.05) is 30.9 Å². The lowest BCUT2D eigenvalue weighted by molar-refractivity contribution is -0.135. The van der Waals surface area contributed by atoms with Crippen molar-refractivity contribution in [3.63, 3.8) is 0 Å². The maximum Gasteiger partial charge on any atom is 0.228 e. The molecule has 0 aromatic carbocycles. The number of carbonyl (C=O) groups is 2. The van der Waals surface area contributed by atoms with Crippen LogP contribution in [-0.4, -0.2) is 41.2 Å². The third kappa shape index (κ3) is 2.66. The van der Waals surface area contributed by atoms with Crippen molar-refractivity contribution in [1.29, 1.82) is 0 Å². The predicted octanol–water partition coefficient (Wildman–Crippen LogP) is 1.72. The molecule has 102 valence electrons. The highest BCUT2D eigenvalue weighted by molar-refractivity contribution is 7.09. The van der Waals surface area contributed by atoms with Crippen molar-refractivity contribution >= 4 is 23.2 Å². The van der Waals surface area contributed by atoms with Crippen molar-refractivity contribution in [3.8, 4) is 0 Å². The molecule has 0 N–H and O–H groups in total. The van der Waals surface area contributed by atoms with Crippen LogP contribution in [0.15, 0.2) is 17.5 Å². The summed E-state index contributed by atoms with van der Waals surface area (Å²) in [6.45, 7) is 1.27. The van der Waals surface area contributed by atoms with Crippen LogP contribution >= 0.6 is 11.3 Å². The van der Waals surface area contributed by atoms with Gasteiger partial charge >= 0.3 is 0 Å². The molecule has 1 saturated carbocycles. The molecule has 0 spiro atoms. The summed E-state index contributed by atoms with van der Waals surface area (Å²) in [5.74, 6) is 0.119. The molecule has 2 amide bonds. The van der Waals surface area contributed by atoms with Gasteiger partial charge in [-0.15, -0.1) is 11.3 Å². The number of nitrogens with zero attached hydrogens (tertiary/aromatic N) is 2. The van der Waals surface area contributed by atoms with Crippen molar-refractivity contribution in [3.05, 3.63) is 22.4 Å². The van der Waals surface area contributed by atoms with E-state index in [1.54, 1.807) is 16.2 Å². The Bertz CT molecular complexity index is 482. The summed E-state index contributed by atoms with van der Waals surface area (Å²) in [5, 5.41) is 2.02. The van der Waals surface area contributed by atoms with E-state index in [2.05, 4.69) is 0 Å². The average molecular weight is 278 g/mol. The molecule has 19 heavy (non-hydrogen) atoms. The molecular formula is C14H18N2O2S. The predicted molar refractivity (Wildman–Crippen MR) is 73.6 cm³/mol. The Hall–Kier alpha value is -1.36.